The molecule has 6 nitrogen and oxygen atoms in total. The summed E-state index contributed by atoms with van der Waals surface area (Å²) >= 11 is 12.3. The highest BCUT2D eigenvalue weighted by Gasteiger charge is 2.29. The van der Waals surface area contributed by atoms with E-state index in [0.717, 1.165) is 5.56 Å². The predicted octanol–water partition coefficient (Wildman–Crippen LogP) is 7.92. The molecular weight excluding hydrogens is 543 g/mol. The van der Waals surface area contributed by atoms with Crippen molar-refractivity contribution in [1.29, 1.82) is 0 Å². The van der Waals surface area contributed by atoms with E-state index in [-0.39, 0.29) is 11.6 Å². The van der Waals surface area contributed by atoms with E-state index in [1.807, 2.05) is 85.8 Å². The lowest BCUT2D eigenvalue weighted by molar-refractivity contribution is 0.182. The third-order valence-corrected chi connectivity index (χ3v) is 7.53. The molecule has 0 fully saturated rings. The number of para-hydroxylation sites is 2. The van der Waals surface area contributed by atoms with E-state index in [0.29, 0.717) is 57.5 Å². The first kappa shape index (κ1) is 27.4. The van der Waals surface area contributed by atoms with Gasteiger partial charge in [-0.2, -0.15) is 0 Å². The fraction of sp³-hybridized carbons (Fsp3) is 0.156. The van der Waals surface area contributed by atoms with Crippen LogP contribution >= 0.6 is 23.2 Å². The molecule has 0 aliphatic rings. The largest absolute Gasteiger partial charge is 0.322 e. The number of urea groups is 1. The maximum atomic E-state index is 13.9. The summed E-state index contributed by atoms with van der Waals surface area (Å²) in [6.07, 6.45) is 1.15. The number of benzene rings is 4. The minimum atomic E-state index is -0.510. The zero-order chi connectivity index (χ0) is 28.1. The number of nitrogens with zero attached hydrogens (tertiary/aromatic N) is 3. The van der Waals surface area contributed by atoms with Crippen molar-refractivity contribution in [2.24, 2.45) is 0 Å². The number of nitrogens with one attached hydrogen (secondary N) is 1. The van der Waals surface area contributed by atoms with Gasteiger partial charge in [-0.3, -0.25) is 9.36 Å². The summed E-state index contributed by atoms with van der Waals surface area (Å²) < 4.78 is 1.62. The molecule has 1 unspecified atom stereocenters. The van der Waals surface area contributed by atoms with Crippen molar-refractivity contribution < 1.29 is 4.79 Å². The van der Waals surface area contributed by atoms with Crippen LogP contribution < -0.4 is 10.9 Å². The van der Waals surface area contributed by atoms with Crippen LogP contribution in [-0.2, 0) is 6.42 Å². The Labute approximate surface area is 242 Å². The minimum Gasteiger partial charge on any atom is -0.314 e. The molecule has 0 bridgehead atoms. The van der Waals surface area contributed by atoms with Crippen LogP contribution in [0.1, 0.15) is 30.8 Å². The highest BCUT2D eigenvalue weighted by molar-refractivity contribution is 6.42. The first-order valence-electron chi connectivity index (χ1n) is 13.1. The summed E-state index contributed by atoms with van der Waals surface area (Å²) in [5, 5.41) is 4.23. The zero-order valence-corrected chi connectivity index (χ0v) is 23.4. The summed E-state index contributed by atoms with van der Waals surface area (Å²) in [5.41, 5.74) is 2.70. The molecule has 202 valence electrons. The SMILES string of the molecule is CCC(c1nc2ccccc2c(=O)n1-c1ccccc1)N(CCc1ccccc1)C(=O)Nc1ccc(Cl)c(Cl)c1. The van der Waals surface area contributed by atoms with E-state index >= 15 is 0 Å². The maximum Gasteiger partial charge on any atom is 0.322 e. The van der Waals surface area contributed by atoms with Gasteiger partial charge in [0, 0.05) is 12.2 Å². The minimum absolute atomic E-state index is 0.182. The van der Waals surface area contributed by atoms with Crippen LogP contribution in [0.3, 0.4) is 0 Å². The van der Waals surface area contributed by atoms with Crippen LogP contribution in [0.2, 0.25) is 10.0 Å². The topological polar surface area (TPSA) is 67.2 Å². The molecule has 1 N–H and O–H groups in total. The molecule has 1 atom stereocenters. The van der Waals surface area contributed by atoms with Gasteiger partial charge in [0.05, 0.1) is 32.7 Å². The molecule has 4 aromatic carbocycles. The van der Waals surface area contributed by atoms with Crippen LogP contribution in [0.15, 0.2) is 108 Å². The molecule has 5 rings (SSSR count). The van der Waals surface area contributed by atoms with Gasteiger partial charge in [0.15, 0.2) is 0 Å². The van der Waals surface area contributed by atoms with Gasteiger partial charge in [-0.1, -0.05) is 90.8 Å². The first-order chi connectivity index (χ1) is 19.5. The van der Waals surface area contributed by atoms with Gasteiger partial charge in [-0.15, -0.1) is 0 Å². The Morgan fingerprint density at radius 2 is 1.57 bits per heavy atom. The van der Waals surface area contributed by atoms with Crippen LogP contribution in [-0.4, -0.2) is 27.0 Å². The van der Waals surface area contributed by atoms with Gasteiger partial charge in [-0.25, -0.2) is 9.78 Å². The lowest BCUT2D eigenvalue weighted by Gasteiger charge is -2.32. The summed E-state index contributed by atoms with van der Waals surface area (Å²) in [7, 11) is 0. The average Bonchev–Trinajstić information content (AvgIpc) is 2.98. The molecule has 1 aromatic heterocycles. The van der Waals surface area contributed by atoms with Crippen LogP contribution in [0.5, 0.6) is 0 Å². The van der Waals surface area contributed by atoms with Crippen molar-refractivity contribution in [1.82, 2.24) is 14.5 Å². The maximum absolute atomic E-state index is 13.9. The van der Waals surface area contributed by atoms with E-state index in [1.54, 1.807) is 33.7 Å². The van der Waals surface area contributed by atoms with Crippen molar-refractivity contribution in [2.75, 3.05) is 11.9 Å². The van der Waals surface area contributed by atoms with Crippen LogP contribution in [0, 0.1) is 0 Å². The molecule has 0 aliphatic carbocycles. The van der Waals surface area contributed by atoms with Gasteiger partial charge in [0.1, 0.15) is 5.82 Å². The van der Waals surface area contributed by atoms with Crippen molar-refractivity contribution in [3.63, 3.8) is 0 Å². The number of fused-ring (bicyclic) bond motifs is 1. The van der Waals surface area contributed by atoms with Crippen molar-refractivity contribution >= 4 is 45.8 Å². The van der Waals surface area contributed by atoms with Crippen molar-refractivity contribution in [3.05, 3.63) is 135 Å². The first-order valence-corrected chi connectivity index (χ1v) is 13.9. The summed E-state index contributed by atoms with van der Waals surface area (Å²) in [6.45, 7) is 2.39. The second-order valence-corrected chi connectivity index (χ2v) is 10.2. The Morgan fingerprint density at radius 1 is 0.900 bits per heavy atom. The molecule has 0 radical (unpaired) electrons. The predicted molar refractivity (Wildman–Crippen MR) is 163 cm³/mol. The van der Waals surface area contributed by atoms with E-state index in [9.17, 15) is 9.59 Å². The van der Waals surface area contributed by atoms with E-state index < -0.39 is 6.04 Å². The summed E-state index contributed by atoms with van der Waals surface area (Å²) in [5.74, 6) is 0.495. The van der Waals surface area contributed by atoms with E-state index in [2.05, 4.69) is 5.32 Å². The lowest BCUT2D eigenvalue weighted by atomic mass is 10.1. The second kappa shape index (κ2) is 12.4. The Hall–Kier alpha value is -4.13. The lowest BCUT2D eigenvalue weighted by Crippen LogP contribution is -2.42. The van der Waals surface area contributed by atoms with E-state index in [4.69, 9.17) is 28.2 Å². The van der Waals surface area contributed by atoms with Gasteiger partial charge < -0.3 is 10.2 Å². The Balaban J connectivity index is 1.62. The average molecular weight is 572 g/mol. The number of hydrogen-bond donors (Lipinski definition) is 1. The molecular formula is C32H28Cl2N4O2. The summed E-state index contributed by atoms with van der Waals surface area (Å²) in [4.78, 5) is 34.5. The van der Waals surface area contributed by atoms with Crippen LogP contribution in [0.4, 0.5) is 10.5 Å². The standard InChI is InChI=1S/C32H28Cl2N4O2/c1-2-29(30-36-28-16-10-9-15-25(28)31(39)38(30)24-13-7-4-8-14-24)37(20-19-22-11-5-3-6-12-22)32(40)35-23-17-18-26(33)27(34)21-23/h3-18,21,29H,2,19-20H2,1H3,(H,35,40). The molecule has 0 spiro atoms. The third kappa shape index (κ3) is 5.88. The number of hydrogen-bond acceptors (Lipinski definition) is 3. The Kier molecular flexibility index (Phi) is 8.48. The number of carbonyl (C=O) groups is 1. The fourth-order valence-corrected chi connectivity index (χ4v) is 5.10. The molecule has 2 amide bonds. The Bertz CT molecular complexity index is 1690. The molecule has 0 aliphatic heterocycles. The smallest absolute Gasteiger partial charge is 0.314 e. The molecule has 40 heavy (non-hydrogen) atoms. The number of amides is 2. The normalized spacial score (nSPS) is 11.8. The van der Waals surface area contributed by atoms with Gasteiger partial charge >= 0.3 is 6.03 Å². The molecule has 5 aromatic rings. The van der Waals surface area contributed by atoms with Gasteiger partial charge in [0.25, 0.3) is 5.56 Å². The second-order valence-electron chi connectivity index (χ2n) is 9.38. The number of halogens is 2. The quantitative estimate of drug-likeness (QED) is 0.206. The third-order valence-electron chi connectivity index (χ3n) is 6.79. The number of anilines is 1. The van der Waals surface area contributed by atoms with Crippen molar-refractivity contribution in [2.45, 2.75) is 25.8 Å². The zero-order valence-electron chi connectivity index (χ0n) is 21.9. The highest BCUT2D eigenvalue weighted by Crippen LogP contribution is 2.29. The highest BCUT2D eigenvalue weighted by atomic mass is 35.5. The summed E-state index contributed by atoms with van der Waals surface area (Å²) in [6, 6.07) is 30.8. The molecule has 8 heteroatoms. The van der Waals surface area contributed by atoms with Gasteiger partial charge in [-0.05, 0) is 60.9 Å². The molecule has 0 saturated carbocycles. The number of rotatable bonds is 8. The molecule has 0 saturated heterocycles. The van der Waals surface area contributed by atoms with E-state index in [1.165, 1.54) is 0 Å². The van der Waals surface area contributed by atoms with Gasteiger partial charge in [0.2, 0.25) is 0 Å². The van der Waals surface area contributed by atoms with Crippen molar-refractivity contribution in [3.8, 4) is 5.69 Å². The monoisotopic (exact) mass is 570 g/mol. The number of aromatic nitrogens is 2. The molecule has 1 heterocycles. The number of carbonyl (C=O) groups excluding carboxylic acids is 1. The fourth-order valence-electron chi connectivity index (χ4n) is 4.80. The van der Waals surface area contributed by atoms with Crippen LogP contribution in [0.25, 0.3) is 16.6 Å². The Morgan fingerprint density at radius 3 is 2.27 bits per heavy atom.